The molecule has 10 rings (SSSR count). The smallest absolute Gasteiger partial charge is 0.174 e. The van der Waals surface area contributed by atoms with E-state index in [4.69, 9.17) is 18.9 Å². The van der Waals surface area contributed by atoms with Crippen LogP contribution in [0.15, 0.2) is 72.8 Å². The van der Waals surface area contributed by atoms with Gasteiger partial charge in [-0.1, -0.05) is 50.2 Å². The Morgan fingerprint density at radius 1 is 0.535 bits per heavy atom. The van der Waals surface area contributed by atoms with Crippen LogP contribution in [0.1, 0.15) is 75.4 Å². The van der Waals surface area contributed by atoms with Gasteiger partial charge >= 0.3 is 0 Å². The lowest BCUT2D eigenvalue weighted by Crippen LogP contribution is -2.46. The third-order valence-corrected chi connectivity index (χ3v) is 10.4. The molecular weight excluding hydrogens is 532 g/mol. The minimum absolute atomic E-state index is 0.0384. The summed E-state index contributed by atoms with van der Waals surface area (Å²) in [6.45, 7) is 13.1. The number of aryl methyl sites for hydroxylation is 3. The third-order valence-electron chi connectivity index (χ3n) is 10.4. The molecule has 5 aromatic rings. The summed E-state index contributed by atoms with van der Waals surface area (Å²) in [7, 11) is 0. The van der Waals surface area contributed by atoms with E-state index in [-0.39, 0.29) is 11.8 Å². The van der Waals surface area contributed by atoms with E-state index in [0.717, 1.165) is 51.6 Å². The van der Waals surface area contributed by atoms with Gasteiger partial charge in [0.2, 0.25) is 0 Å². The monoisotopic (exact) mass is 564 g/mol. The van der Waals surface area contributed by atoms with Crippen LogP contribution in [0.25, 0.3) is 0 Å². The van der Waals surface area contributed by atoms with Gasteiger partial charge in [0, 0.05) is 16.9 Å². The van der Waals surface area contributed by atoms with Gasteiger partial charge in [0.05, 0.1) is 0 Å². The van der Waals surface area contributed by atoms with Gasteiger partial charge in [-0.3, -0.25) is 0 Å². The summed E-state index contributed by atoms with van der Waals surface area (Å²) < 4.78 is 26.6. The average Bonchev–Trinajstić information content (AvgIpc) is 3.00. The van der Waals surface area contributed by atoms with E-state index >= 15 is 0 Å². The zero-order chi connectivity index (χ0) is 29.4. The molecule has 43 heavy (non-hydrogen) atoms. The molecule has 212 valence electrons. The van der Waals surface area contributed by atoms with Crippen molar-refractivity contribution in [3.8, 4) is 46.0 Å². The number of hydrogen-bond donors (Lipinski definition) is 0. The molecule has 0 saturated heterocycles. The van der Waals surface area contributed by atoms with Gasteiger partial charge < -0.3 is 18.9 Å². The number of fused-ring (bicyclic) bond motifs is 4. The van der Waals surface area contributed by atoms with Crippen LogP contribution < -0.4 is 18.9 Å². The molecule has 0 saturated carbocycles. The molecule has 0 aromatic heterocycles. The summed E-state index contributed by atoms with van der Waals surface area (Å²) in [5.41, 5.74) is 11.9. The Bertz CT molecular complexity index is 2070. The summed E-state index contributed by atoms with van der Waals surface area (Å²) in [4.78, 5) is 0. The average molecular weight is 565 g/mol. The van der Waals surface area contributed by atoms with E-state index in [1.807, 2.05) is 6.07 Å². The zero-order valence-corrected chi connectivity index (χ0v) is 25.2. The van der Waals surface area contributed by atoms with Crippen molar-refractivity contribution in [1.82, 2.24) is 0 Å². The topological polar surface area (TPSA) is 36.9 Å². The number of rotatable bonds is 1. The van der Waals surface area contributed by atoms with Crippen LogP contribution in [0, 0.1) is 33.6 Å². The van der Waals surface area contributed by atoms with Gasteiger partial charge in [-0.2, -0.15) is 0 Å². The minimum atomic E-state index is -0.403. The summed E-state index contributed by atoms with van der Waals surface area (Å²) in [5, 5.41) is 0. The van der Waals surface area contributed by atoms with Crippen LogP contribution in [0.4, 0.5) is 0 Å². The predicted octanol–water partition coefficient (Wildman–Crippen LogP) is 10.5. The summed E-state index contributed by atoms with van der Waals surface area (Å²) in [6.07, 6.45) is 0. The summed E-state index contributed by atoms with van der Waals surface area (Å²) >= 11 is 0. The second-order valence-corrected chi connectivity index (χ2v) is 12.8. The molecule has 0 fully saturated rings. The molecule has 2 atom stereocenters. The Kier molecular flexibility index (Phi) is 4.75. The predicted molar refractivity (Wildman–Crippen MR) is 167 cm³/mol. The van der Waals surface area contributed by atoms with Crippen molar-refractivity contribution >= 4 is 0 Å². The van der Waals surface area contributed by atoms with Gasteiger partial charge in [0.15, 0.2) is 46.0 Å². The first-order chi connectivity index (χ1) is 20.8. The van der Waals surface area contributed by atoms with Crippen LogP contribution in [0.2, 0.25) is 0 Å². The van der Waals surface area contributed by atoms with Gasteiger partial charge in [-0.05, 0) is 120 Å². The van der Waals surface area contributed by atoms with Crippen LogP contribution in [-0.4, -0.2) is 0 Å². The van der Waals surface area contributed by atoms with E-state index in [1.54, 1.807) is 0 Å². The highest BCUT2D eigenvalue weighted by molar-refractivity contribution is 5.79. The molecule has 5 aliphatic rings. The van der Waals surface area contributed by atoms with E-state index in [0.29, 0.717) is 0 Å². The van der Waals surface area contributed by atoms with E-state index in [1.165, 1.54) is 50.1 Å². The molecule has 5 aromatic carbocycles. The lowest BCUT2D eigenvalue weighted by atomic mass is 9.49. The number of hydrogen-bond acceptors (Lipinski definition) is 4. The highest BCUT2D eigenvalue weighted by Gasteiger charge is 2.55. The number of benzene rings is 5. The SMILES string of the molecule is Cc1cc2c(cc1C)Oc1cc3c(cc1O2)C1c2ccccc2C3(C(C)C)c2ccc3c(c21)Oc1ccc(C)c(C)c1O3. The Balaban J connectivity index is 1.31. The maximum atomic E-state index is 6.82. The zero-order valence-electron chi connectivity index (χ0n) is 25.2. The van der Waals surface area contributed by atoms with Crippen LogP contribution in [0.5, 0.6) is 46.0 Å². The third kappa shape index (κ3) is 3.01. The van der Waals surface area contributed by atoms with Crippen molar-refractivity contribution < 1.29 is 18.9 Å². The highest BCUT2D eigenvalue weighted by atomic mass is 16.6. The summed E-state index contributed by atoms with van der Waals surface area (Å²) in [5.74, 6) is 6.38. The minimum Gasteiger partial charge on any atom is -0.449 e. The lowest BCUT2D eigenvalue weighted by Gasteiger charge is -2.53. The van der Waals surface area contributed by atoms with E-state index < -0.39 is 5.41 Å². The van der Waals surface area contributed by atoms with E-state index in [2.05, 4.69) is 108 Å². The van der Waals surface area contributed by atoms with Crippen molar-refractivity contribution in [3.63, 3.8) is 0 Å². The van der Waals surface area contributed by atoms with Gasteiger partial charge in [0.1, 0.15) is 0 Å². The molecule has 0 radical (unpaired) electrons. The second kappa shape index (κ2) is 8.23. The first-order valence-electron chi connectivity index (χ1n) is 15.2. The standard InChI is InChI=1S/C39H32O4/c1-19(2)39-26-10-8-7-9-24(26)35(25-17-33-34(18-28(25)39)41-32-16-22(5)21(4)15-31(32)40-33)36-27(39)12-14-30-38(36)43-29-13-11-20(3)23(6)37(29)42-30/h7-19,35H,1-6H3. The van der Waals surface area contributed by atoms with Gasteiger partial charge in [0.25, 0.3) is 0 Å². The largest absolute Gasteiger partial charge is 0.449 e. The molecule has 4 heteroatoms. The lowest BCUT2D eigenvalue weighted by molar-refractivity contribution is 0.338. The van der Waals surface area contributed by atoms with Gasteiger partial charge in [-0.25, -0.2) is 0 Å². The van der Waals surface area contributed by atoms with Crippen molar-refractivity contribution in [1.29, 1.82) is 0 Å². The Morgan fingerprint density at radius 2 is 1.16 bits per heavy atom. The van der Waals surface area contributed by atoms with Crippen LogP contribution in [-0.2, 0) is 5.41 Å². The first-order valence-corrected chi connectivity index (χ1v) is 15.2. The molecule has 2 bridgehead atoms. The number of ether oxygens (including phenoxy) is 4. The van der Waals surface area contributed by atoms with Gasteiger partial charge in [-0.15, -0.1) is 0 Å². The molecule has 2 aliphatic heterocycles. The maximum Gasteiger partial charge on any atom is 0.174 e. The highest BCUT2D eigenvalue weighted by Crippen LogP contribution is 2.67. The van der Waals surface area contributed by atoms with Crippen molar-refractivity contribution in [3.05, 3.63) is 128 Å². The molecule has 3 aliphatic carbocycles. The van der Waals surface area contributed by atoms with Crippen molar-refractivity contribution in [2.24, 2.45) is 5.92 Å². The Hall–Kier alpha value is -4.70. The fourth-order valence-electron chi connectivity index (χ4n) is 8.02. The fraction of sp³-hybridized carbons (Fsp3) is 0.231. The van der Waals surface area contributed by atoms with Crippen LogP contribution in [0.3, 0.4) is 0 Å². The maximum absolute atomic E-state index is 6.82. The molecule has 0 N–H and O–H groups in total. The summed E-state index contributed by atoms with van der Waals surface area (Å²) in [6, 6.07) is 26.0. The molecule has 2 heterocycles. The molecule has 2 unspecified atom stereocenters. The Morgan fingerprint density at radius 3 is 1.91 bits per heavy atom. The molecule has 0 amide bonds. The first kappa shape index (κ1) is 24.9. The van der Waals surface area contributed by atoms with E-state index in [9.17, 15) is 0 Å². The Labute approximate surface area is 251 Å². The van der Waals surface area contributed by atoms with Crippen molar-refractivity contribution in [2.75, 3.05) is 0 Å². The van der Waals surface area contributed by atoms with Crippen LogP contribution >= 0.6 is 0 Å². The molecular formula is C39H32O4. The fourth-order valence-corrected chi connectivity index (χ4v) is 8.02. The molecule has 4 nitrogen and oxygen atoms in total. The normalized spacial score (nSPS) is 19.3. The quantitative estimate of drug-likeness (QED) is 0.199. The molecule has 0 spiro atoms. The second-order valence-electron chi connectivity index (χ2n) is 12.8. The van der Waals surface area contributed by atoms with Crippen molar-refractivity contribution in [2.45, 2.75) is 52.9 Å².